The number of nitrogens with zero attached hydrogens (tertiary/aromatic N) is 1. The highest BCUT2D eigenvalue weighted by atomic mass is 16.5. The molecule has 0 bridgehead atoms. The van der Waals surface area contributed by atoms with Gasteiger partial charge in [-0.1, -0.05) is 0 Å². The molecule has 0 unspecified atom stereocenters. The Morgan fingerprint density at radius 1 is 1.24 bits per heavy atom. The first-order valence-electron chi connectivity index (χ1n) is 7.08. The molecule has 6 heteroatoms. The van der Waals surface area contributed by atoms with Crippen LogP contribution in [0, 0.1) is 6.92 Å². The van der Waals surface area contributed by atoms with Crippen LogP contribution < -0.4 is 20.5 Å². The molecule has 1 aromatic carbocycles. The highest BCUT2D eigenvalue weighted by Gasteiger charge is 2.21. The van der Waals surface area contributed by atoms with E-state index in [-0.39, 0.29) is 6.03 Å². The number of hydrogen-bond acceptors (Lipinski definition) is 4. The van der Waals surface area contributed by atoms with Crippen LogP contribution in [0.2, 0.25) is 0 Å². The largest absolute Gasteiger partial charge is 0.493 e. The molecule has 0 radical (unpaired) electrons. The molecular weight excluding hydrogens is 270 g/mol. The number of primary amides is 1. The fourth-order valence-electron chi connectivity index (χ4n) is 2.60. The van der Waals surface area contributed by atoms with Gasteiger partial charge in [0.05, 0.1) is 14.2 Å². The van der Waals surface area contributed by atoms with Crippen LogP contribution in [0.1, 0.15) is 18.4 Å². The summed E-state index contributed by atoms with van der Waals surface area (Å²) in [6, 6.07) is 3.90. The lowest BCUT2D eigenvalue weighted by Crippen LogP contribution is -2.44. The third-order valence-corrected chi connectivity index (χ3v) is 3.90. The first-order chi connectivity index (χ1) is 10.0. The van der Waals surface area contributed by atoms with Crippen molar-refractivity contribution in [3.05, 3.63) is 17.7 Å². The number of methoxy groups -OCH3 is 2. The molecule has 2 rings (SSSR count). The smallest absolute Gasteiger partial charge is 0.314 e. The van der Waals surface area contributed by atoms with Crippen LogP contribution in [0.15, 0.2) is 12.1 Å². The van der Waals surface area contributed by atoms with Crippen LogP contribution in [0.3, 0.4) is 0 Å². The van der Waals surface area contributed by atoms with Gasteiger partial charge in [0, 0.05) is 30.9 Å². The zero-order chi connectivity index (χ0) is 15.4. The molecule has 0 atom stereocenters. The van der Waals surface area contributed by atoms with Gasteiger partial charge in [-0.15, -0.1) is 0 Å². The average Bonchev–Trinajstić information content (AvgIpc) is 2.49. The molecule has 0 aromatic heterocycles. The molecule has 1 fully saturated rings. The predicted octanol–water partition coefficient (Wildman–Crippen LogP) is 1.97. The van der Waals surface area contributed by atoms with Gasteiger partial charge < -0.3 is 25.4 Å². The van der Waals surface area contributed by atoms with E-state index in [1.165, 1.54) is 0 Å². The van der Waals surface area contributed by atoms with Gasteiger partial charge in [-0.2, -0.15) is 0 Å². The number of carbonyl (C=O) groups excluding carboxylic acids is 1. The second kappa shape index (κ2) is 6.56. The Kier molecular flexibility index (Phi) is 4.77. The second-order valence-corrected chi connectivity index (χ2v) is 5.27. The summed E-state index contributed by atoms with van der Waals surface area (Å²) in [5, 5.41) is 3.52. The first kappa shape index (κ1) is 15.3. The summed E-state index contributed by atoms with van der Waals surface area (Å²) in [6.07, 6.45) is 1.77. The van der Waals surface area contributed by atoms with Crippen molar-refractivity contribution in [1.82, 2.24) is 4.90 Å². The third-order valence-electron chi connectivity index (χ3n) is 3.90. The number of aryl methyl sites for hydroxylation is 1. The van der Waals surface area contributed by atoms with Gasteiger partial charge in [0.15, 0.2) is 11.5 Å². The Bertz CT molecular complexity index is 511. The highest BCUT2D eigenvalue weighted by Crippen LogP contribution is 2.33. The molecule has 2 amide bonds. The summed E-state index contributed by atoms with van der Waals surface area (Å²) >= 11 is 0. The molecule has 0 aliphatic carbocycles. The van der Waals surface area contributed by atoms with Crippen molar-refractivity contribution in [2.75, 3.05) is 32.6 Å². The maximum atomic E-state index is 11.1. The van der Waals surface area contributed by atoms with E-state index < -0.39 is 0 Å². The molecule has 1 saturated heterocycles. The summed E-state index contributed by atoms with van der Waals surface area (Å²) in [7, 11) is 3.26. The molecule has 1 heterocycles. The maximum absolute atomic E-state index is 11.1. The van der Waals surface area contributed by atoms with E-state index in [4.69, 9.17) is 15.2 Å². The Balaban J connectivity index is 2.05. The minimum absolute atomic E-state index is 0.331. The summed E-state index contributed by atoms with van der Waals surface area (Å²) in [6.45, 7) is 3.42. The van der Waals surface area contributed by atoms with Crippen LogP contribution in [-0.4, -0.2) is 44.3 Å². The lowest BCUT2D eigenvalue weighted by atomic mass is 10.0. The fraction of sp³-hybridized carbons (Fsp3) is 0.533. The number of nitrogens with two attached hydrogens (primary N) is 1. The van der Waals surface area contributed by atoms with Crippen LogP contribution >= 0.6 is 0 Å². The standard InChI is InChI=1S/C15H23N3O3/c1-10-8-13(20-2)14(21-3)9-12(10)17-11-4-6-18(7-5-11)15(16)19/h8-9,11,17H,4-7H2,1-3H3,(H2,16,19). The Hall–Kier alpha value is -2.11. The number of ether oxygens (including phenoxy) is 2. The van der Waals surface area contributed by atoms with Gasteiger partial charge in [0.2, 0.25) is 0 Å². The van der Waals surface area contributed by atoms with Crippen molar-refractivity contribution in [3.63, 3.8) is 0 Å². The molecule has 1 aliphatic rings. The zero-order valence-electron chi connectivity index (χ0n) is 12.8. The third kappa shape index (κ3) is 3.51. The summed E-state index contributed by atoms with van der Waals surface area (Å²) in [5.74, 6) is 1.43. The number of piperidine rings is 1. The Morgan fingerprint density at radius 3 is 2.33 bits per heavy atom. The molecule has 116 valence electrons. The Morgan fingerprint density at radius 2 is 1.81 bits per heavy atom. The molecule has 1 aliphatic heterocycles. The predicted molar refractivity (Wildman–Crippen MR) is 82.1 cm³/mol. The molecule has 6 nitrogen and oxygen atoms in total. The van der Waals surface area contributed by atoms with Crippen LogP contribution in [-0.2, 0) is 0 Å². The number of urea groups is 1. The van der Waals surface area contributed by atoms with Gasteiger partial charge in [0.1, 0.15) is 0 Å². The molecular formula is C15H23N3O3. The van der Waals surface area contributed by atoms with Crippen LogP contribution in [0.5, 0.6) is 11.5 Å². The number of benzene rings is 1. The number of amides is 2. The minimum Gasteiger partial charge on any atom is -0.493 e. The van der Waals surface area contributed by atoms with E-state index in [1.807, 2.05) is 19.1 Å². The molecule has 0 saturated carbocycles. The lowest BCUT2D eigenvalue weighted by molar-refractivity contribution is 0.193. The zero-order valence-corrected chi connectivity index (χ0v) is 12.8. The van der Waals surface area contributed by atoms with Crippen molar-refractivity contribution in [2.45, 2.75) is 25.8 Å². The van der Waals surface area contributed by atoms with E-state index in [0.29, 0.717) is 24.9 Å². The topological polar surface area (TPSA) is 76.8 Å². The first-order valence-corrected chi connectivity index (χ1v) is 7.08. The van der Waals surface area contributed by atoms with Crippen LogP contribution in [0.4, 0.5) is 10.5 Å². The van der Waals surface area contributed by atoms with E-state index in [9.17, 15) is 4.79 Å². The second-order valence-electron chi connectivity index (χ2n) is 5.27. The van der Waals surface area contributed by atoms with Gasteiger partial charge in [-0.05, 0) is 31.4 Å². The number of rotatable bonds is 4. The quantitative estimate of drug-likeness (QED) is 0.889. The van der Waals surface area contributed by atoms with Crippen LogP contribution in [0.25, 0.3) is 0 Å². The maximum Gasteiger partial charge on any atom is 0.314 e. The van der Waals surface area contributed by atoms with Gasteiger partial charge in [-0.25, -0.2) is 4.79 Å². The van der Waals surface area contributed by atoms with Crippen molar-refractivity contribution < 1.29 is 14.3 Å². The summed E-state index contributed by atoms with van der Waals surface area (Å²) < 4.78 is 10.6. The van der Waals surface area contributed by atoms with E-state index in [0.717, 1.165) is 29.8 Å². The molecule has 3 N–H and O–H groups in total. The summed E-state index contributed by atoms with van der Waals surface area (Å²) in [5.41, 5.74) is 7.43. The molecule has 21 heavy (non-hydrogen) atoms. The molecule has 0 spiro atoms. The lowest BCUT2D eigenvalue weighted by Gasteiger charge is -2.32. The van der Waals surface area contributed by atoms with E-state index in [1.54, 1.807) is 19.1 Å². The van der Waals surface area contributed by atoms with E-state index in [2.05, 4.69) is 5.32 Å². The van der Waals surface area contributed by atoms with E-state index >= 15 is 0 Å². The van der Waals surface area contributed by atoms with Crippen molar-refractivity contribution in [2.24, 2.45) is 5.73 Å². The number of likely N-dealkylation sites (tertiary alicyclic amines) is 1. The van der Waals surface area contributed by atoms with Crippen molar-refractivity contribution in [3.8, 4) is 11.5 Å². The Labute approximate surface area is 125 Å². The monoisotopic (exact) mass is 293 g/mol. The molecule has 1 aromatic rings. The number of carbonyl (C=O) groups is 1. The minimum atomic E-state index is -0.337. The van der Waals surface area contributed by atoms with Crippen molar-refractivity contribution >= 4 is 11.7 Å². The van der Waals surface area contributed by atoms with Crippen molar-refractivity contribution in [1.29, 1.82) is 0 Å². The fourth-order valence-corrected chi connectivity index (χ4v) is 2.60. The summed E-state index contributed by atoms with van der Waals surface area (Å²) in [4.78, 5) is 12.8. The average molecular weight is 293 g/mol. The number of hydrogen-bond donors (Lipinski definition) is 2. The van der Waals surface area contributed by atoms with Gasteiger partial charge >= 0.3 is 6.03 Å². The highest BCUT2D eigenvalue weighted by molar-refractivity contribution is 5.72. The van der Waals surface area contributed by atoms with Gasteiger partial charge in [-0.3, -0.25) is 0 Å². The van der Waals surface area contributed by atoms with Gasteiger partial charge in [0.25, 0.3) is 0 Å². The SMILES string of the molecule is COc1cc(C)c(NC2CCN(C(N)=O)CC2)cc1OC. The number of nitrogens with one attached hydrogen (secondary N) is 1. The number of anilines is 1. The normalized spacial score (nSPS) is 15.7.